The van der Waals surface area contributed by atoms with Crippen LogP contribution in [0.3, 0.4) is 0 Å². The van der Waals surface area contributed by atoms with Crippen molar-refractivity contribution in [2.24, 2.45) is 5.73 Å². The molecule has 1 heterocycles. The van der Waals surface area contributed by atoms with Crippen LogP contribution in [-0.4, -0.2) is 25.6 Å². The number of rotatable bonds is 2. The van der Waals surface area contributed by atoms with Gasteiger partial charge in [-0.1, -0.05) is 6.07 Å². The van der Waals surface area contributed by atoms with E-state index in [4.69, 9.17) is 5.73 Å². The van der Waals surface area contributed by atoms with Crippen molar-refractivity contribution in [3.8, 4) is 0 Å². The van der Waals surface area contributed by atoms with Crippen molar-refractivity contribution >= 4 is 33.8 Å². The molecule has 1 aromatic carbocycles. The molecule has 1 fully saturated rings. The molecule has 0 spiro atoms. The van der Waals surface area contributed by atoms with Gasteiger partial charge in [0.25, 0.3) is 0 Å². The van der Waals surface area contributed by atoms with Crippen molar-refractivity contribution in [1.82, 2.24) is 0 Å². The molecule has 2 aliphatic rings. The molecule has 1 aliphatic carbocycles. The lowest BCUT2D eigenvalue weighted by molar-refractivity contribution is -0.118. The van der Waals surface area contributed by atoms with Crippen LogP contribution in [0, 0.1) is 0 Å². The first kappa shape index (κ1) is 14.3. The zero-order valence-electron chi connectivity index (χ0n) is 10.2. The Labute approximate surface area is 117 Å². The molecule has 0 aromatic heterocycles. The van der Waals surface area contributed by atoms with Crippen LogP contribution in [0.5, 0.6) is 0 Å². The predicted molar refractivity (Wildman–Crippen MR) is 74.2 cm³/mol. The van der Waals surface area contributed by atoms with Gasteiger partial charge >= 0.3 is 0 Å². The Balaban J connectivity index is 0.00000133. The highest BCUT2D eigenvalue weighted by atomic mass is 35.5. The number of nitrogens with one attached hydrogen (secondary N) is 1. The fourth-order valence-electron chi connectivity index (χ4n) is 2.10. The highest BCUT2D eigenvalue weighted by Gasteiger charge is 2.46. The first-order valence-electron chi connectivity index (χ1n) is 5.87. The molecule has 1 aromatic rings. The SMILES string of the molecule is Cl.NC1(C(=O)Nc2ccc3c(c2)S(=O)(=O)CC3)CC1. The number of fused-ring (bicyclic) bond motifs is 1. The molecule has 7 heteroatoms. The Bertz CT molecular complexity index is 638. The molecular formula is C12H15ClN2O3S. The molecule has 0 unspecified atom stereocenters. The minimum Gasteiger partial charge on any atom is -0.324 e. The van der Waals surface area contributed by atoms with Gasteiger partial charge in [-0.25, -0.2) is 8.42 Å². The van der Waals surface area contributed by atoms with Gasteiger partial charge in [0.05, 0.1) is 16.2 Å². The van der Waals surface area contributed by atoms with Crippen molar-refractivity contribution in [1.29, 1.82) is 0 Å². The Morgan fingerprint density at radius 2 is 2.00 bits per heavy atom. The summed E-state index contributed by atoms with van der Waals surface area (Å²) < 4.78 is 23.5. The number of sulfone groups is 1. The monoisotopic (exact) mass is 302 g/mol. The van der Waals surface area contributed by atoms with E-state index >= 15 is 0 Å². The number of benzene rings is 1. The minimum absolute atomic E-state index is 0. The normalized spacial score (nSPS) is 21.1. The first-order valence-corrected chi connectivity index (χ1v) is 7.52. The van der Waals surface area contributed by atoms with Gasteiger partial charge in [0, 0.05) is 5.69 Å². The number of nitrogens with two attached hydrogens (primary N) is 1. The summed E-state index contributed by atoms with van der Waals surface area (Å²) in [5, 5.41) is 2.68. The van der Waals surface area contributed by atoms with Crippen LogP contribution in [0.2, 0.25) is 0 Å². The Hall–Kier alpha value is -1.11. The van der Waals surface area contributed by atoms with Crippen LogP contribution >= 0.6 is 12.4 Å². The second-order valence-corrected chi connectivity index (χ2v) is 7.08. The molecule has 0 radical (unpaired) electrons. The van der Waals surface area contributed by atoms with Crippen LogP contribution in [0.25, 0.3) is 0 Å². The fourth-order valence-corrected chi connectivity index (χ4v) is 3.68. The van der Waals surface area contributed by atoms with Gasteiger partial charge in [-0.3, -0.25) is 4.79 Å². The lowest BCUT2D eigenvalue weighted by Crippen LogP contribution is -2.37. The van der Waals surface area contributed by atoms with E-state index in [1.54, 1.807) is 12.1 Å². The average Bonchev–Trinajstić information content (AvgIpc) is 3.00. The molecule has 104 valence electrons. The van der Waals surface area contributed by atoms with Gasteiger partial charge in [-0.2, -0.15) is 0 Å². The molecule has 1 amide bonds. The van der Waals surface area contributed by atoms with E-state index in [1.165, 1.54) is 6.07 Å². The van der Waals surface area contributed by atoms with Gasteiger partial charge in [-0.05, 0) is 37.0 Å². The summed E-state index contributed by atoms with van der Waals surface area (Å²) in [6, 6.07) is 5.01. The maximum Gasteiger partial charge on any atom is 0.244 e. The molecule has 19 heavy (non-hydrogen) atoms. The number of carbonyl (C=O) groups excluding carboxylic acids is 1. The number of anilines is 1. The van der Waals surface area contributed by atoms with E-state index in [1.807, 2.05) is 0 Å². The van der Waals surface area contributed by atoms with Crippen LogP contribution in [0.15, 0.2) is 23.1 Å². The summed E-state index contributed by atoms with van der Waals surface area (Å²) in [4.78, 5) is 12.1. The minimum atomic E-state index is -3.17. The number of hydrogen-bond donors (Lipinski definition) is 2. The number of halogens is 1. The van der Waals surface area contributed by atoms with Crippen LogP contribution in [-0.2, 0) is 21.1 Å². The largest absolute Gasteiger partial charge is 0.324 e. The summed E-state index contributed by atoms with van der Waals surface area (Å²) in [6.07, 6.45) is 1.91. The molecule has 3 rings (SSSR count). The van der Waals surface area contributed by atoms with E-state index in [-0.39, 0.29) is 24.1 Å². The number of amides is 1. The van der Waals surface area contributed by atoms with Crippen LogP contribution < -0.4 is 11.1 Å². The lowest BCUT2D eigenvalue weighted by Gasteiger charge is -2.10. The third-order valence-corrected chi connectivity index (χ3v) is 5.33. The van der Waals surface area contributed by atoms with Crippen molar-refractivity contribution in [2.75, 3.05) is 11.1 Å². The second kappa shape index (κ2) is 4.47. The molecule has 0 bridgehead atoms. The maximum atomic E-state index is 11.8. The van der Waals surface area contributed by atoms with Gasteiger partial charge < -0.3 is 11.1 Å². The molecule has 3 N–H and O–H groups in total. The molecule has 5 nitrogen and oxygen atoms in total. The van der Waals surface area contributed by atoms with Crippen LogP contribution in [0.4, 0.5) is 5.69 Å². The average molecular weight is 303 g/mol. The van der Waals surface area contributed by atoms with E-state index in [0.717, 1.165) is 5.56 Å². The van der Waals surface area contributed by atoms with Gasteiger partial charge in [-0.15, -0.1) is 12.4 Å². The number of hydrogen-bond acceptors (Lipinski definition) is 4. The summed E-state index contributed by atoms with van der Waals surface area (Å²) in [6.45, 7) is 0. The van der Waals surface area contributed by atoms with Crippen molar-refractivity contribution in [2.45, 2.75) is 29.7 Å². The van der Waals surface area contributed by atoms with Crippen molar-refractivity contribution < 1.29 is 13.2 Å². The van der Waals surface area contributed by atoms with Crippen molar-refractivity contribution in [3.63, 3.8) is 0 Å². The van der Waals surface area contributed by atoms with Gasteiger partial charge in [0.1, 0.15) is 0 Å². The standard InChI is InChI=1S/C12H14N2O3S.ClH/c13-12(4-5-12)11(15)14-9-2-1-8-3-6-18(16,17)10(8)7-9;/h1-2,7H,3-6,13H2,(H,14,15);1H. The third-order valence-electron chi connectivity index (χ3n) is 3.54. The second-order valence-electron chi connectivity index (χ2n) is 5.00. The highest BCUT2D eigenvalue weighted by Crippen LogP contribution is 2.34. The smallest absolute Gasteiger partial charge is 0.244 e. The van der Waals surface area contributed by atoms with Gasteiger partial charge in [0.2, 0.25) is 5.91 Å². The Kier molecular flexibility index (Phi) is 3.36. The van der Waals surface area contributed by atoms with E-state index in [9.17, 15) is 13.2 Å². The van der Waals surface area contributed by atoms with Crippen molar-refractivity contribution in [3.05, 3.63) is 23.8 Å². The Morgan fingerprint density at radius 3 is 2.63 bits per heavy atom. The quantitative estimate of drug-likeness (QED) is 0.848. The fraction of sp³-hybridized carbons (Fsp3) is 0.417. The maximum absolute atomic E-state index is 11.8. The molecule has 1 aliphatic heterocycles. The van der Waals surface area contributed by atoms with Gasteiger partial charge in [0.15, 0.2) is 9.84 Å². The molecular weight excluding hydrogens is 288 g/mol. The summed E-state index contributed by atoms with van der Waals surface area (Å²) >= 11 is 0. The zero-order valence-corrected chi connectivity index (χ0v) is 11.8. The van der Waals surface area contributed by atoms with E-state index < -0.39 is 15.4 Å². The van der Waals surface area contributed by atoms with E-state index in [2.05, 4.69) is 5.32 Å². The summed E-state index contributed by atoms with van der Waals surface area (Å²) in [5.74, 6) is -0.0848. The highest BCUT2D eigenvalue weighted by molar-refractivity contribution is 7.91. The zero-order chi connectivity index (χ0) is 13.0. The predicted octanol–water partition coefficient (Wildman–Crippen LogP) is 0.868. The van der Waals surface area contributed by atoms with E-state index in [0.29, 0.717) is 29.8 Å². The molecule has 0 atom stereocenters. The molecule has 1 saturated carbocycles. The Morgan fingerprint density at radius 1 is 1.32 bits per heavy atom. The lowest BCUT2D eigenvalue weighted by atomic mass is 10.1. The summed E-state index contributed by atoms with van der Waals surface area (Å²) in [5.41, 5.74) is 6.34. The van der Waals surface area contributed by atoms with Crippen LogP contribution in [0.1, 0.15) is 18.4 Å². The first-order chi connectivity index (χ1) is 8.41. The number of aryl methyl sites for hydroxylation is 1. The molecule has 0 saturated heterocycles. The third kappa shape index (κ3) is 2.48. The topological polar surface area (TPSA) is 89.3 Å². The summed E-state index contributed by atoms with van der Waals surface area (Å²) in [7, 11) is -3.17. The number of carbonyl (C=O) groups is 1.